The third-order valence-corrected chi connectivity index (χ3v) is 6.22. The maximum Gasteiger partial charge on any atom is 0.317 e. The molecule has 4 heteroatoms. The Bertz CT molecular complexity index is 534. The van der Waals surface area contributed by atoms with E-state index in [4.69, 9.17) is 0 Å². The summed E-state index contributed by atoms with van der Waals surface area (Å²) in [6.07, 6.45) is 7.59. The summed E-state index contributed by atoms with van der Waals surface area (Å²) in [5.74, 6) is 0.425. The first-order chi connectivity index (χ1) is 11.6. The summed E-state index contributed by atoms with van der Waals surface area (Å²) in [5.41, 5.74) is 1.48. The Morgan fingerprint density at radius 2 is 1.88 bits per heavy atom. The number of nitrogens with zero attached hydrogens (tertiary/aromatic N) is 1. The average molecular weight is 330 g/mol. The molecule has 1 aromatic rings. The van der Waals surface area contributed by atoms with Crippen LogP contribution in [-0.4, -0.2) is 42.3 Å². The highest BCUT2D eigenvalue weighted by molar-refractivity contribution is 5.74. The van der Waals surface area contributed by atoms with E-state index in [2.05, 4.69) is 29.6 Å². The van der Waals surface area contributed by atoms with Gasteiger partial charge in [0.1, 0.15) is 0 Å². The largest absolute Gasteiger partial charge is 0.396 e. The van der Waals surface area contributed by atoms with Gasteiger partial charge in [0.25, 0.3) is 0 Å². The van der Waals surface area contributed by atoms with Crippen LogP contribution < -0.4 is 5.32 Å². The van der Waals surface area contributed by atoms with E-state index in [0.717, 1.165) is 45.1 Å². The zero-order chi connectivity index (χ0) is 17.0. The van der Waals surface area contributed by atoms with Crippen LogP contribution in [0, 0.1) is 5.92 Å². The molecule has 0 aliphatic heterocycles. The molecular formula is C20H30N2O2. The van der Waals surface area contributed by atoms with Gasteiger partial charge in [-0.25, -0.2) is 4.79 Å². The highest BCUT2D eigenvalue weighted by Gasteiger charge is 2.39. The van der Waals surface area contributed by atoms with E-state index in [1.54, 1.807) is 0 Å². The van der Waals surface area contributed by atoms with Gasteiger partial charge in [0.2, 0.25) is 0 Å². The van der Waals surface area contributed by atoms with Crippen LogP contribution >= 0.6 is 0 Å². The van der Waals surface area contributed by atoms with Crippen LogP contribution in [-0.2, 0) is 5.41 Å². The minimum Gasteiger partial charge on any atom is -0.396 e. The minimum absolute atomic E-state index is 0.0460. The predicted octanol–water partition coefficient (Wildman–Crippen LogP) is 3.30. The fourth-order valence-electron chi connectivity index (χ4n) is 4.21. The molecule has 2 N–H and O–H groups in total. The fraction of sp³-hybridized carbons (Fsp3) is 0.650. The smallest absolute Gasteiger partial charge is 0.317 e. The van der Waals surface area contributed by atoms with Crippen molar-refractivity contribution in [3.8, 4) is 0 Å². The molecular weight excluding hydrogens is 300 g/mol. The monoisotopic (exact) mass is 330 g/mol. The zero-order valence-corrected chi connectivity index (χ0v) is 14.7. The first-order valence-corrected chi connectivity index (χ1v) is 9.32. The lowest BCUT2D eigenvalue weighted by molar-refractivity contribution is 0.131. The number of carbonyl (C=O) groups is 1. The van der Waals surface area contributed by atoms with Crippen LogP contribution in [0.2, 0.25) is 0 Å². The number of amides is 2. The van der Waals surface area contributed by atoms with E-state index in [1.165, 1.54) is 12.0 Å². The van der Waals surface area contributed by atoms with Gasteiger partial charge in [-0.2, -0.15) is 0 Å². The molecule has 2 saturated carbocycles. The van der Waals surface area contributed by atoms with Gasteiger partial charge >= 0.3 is 6.03 Å². The van der Waals surface area contributed by atoms with Gasteiger partial charge in [0.15, 0.2) is 0 Å². The lowest BCUT2D eigenvalue weighted by atomic mass is 9.64. The van der Waals surface area contributed by atoms with Gasteiger partial charge < -0.3 is 15.3 Å². The summed E-state index contributed by atoms with van der Waals surface area (Å²) < 4.78 is 0. The number of hydrogen-bond donors (Lipinski definition) is 2. The maximum atomic E-state index is 12.6. The van der Waals surface area contributed by atoms with E-state index in [-0.39, 0.29) is 18.1 Å². The fourth-order valence-corrected chi connectivity index (χ4v) is 4.21. The van der Waals surface area contributed by atoms with Crippen molar-refractivity contribution in [3.05, 3.63) is 35.9 Å². The molecule has 2 aliphatic rings. The molecule has 0 atom stereocenters. The number of benzene rings is 1. The molecule has 0 bridgehead atoms. The van der Waals surface area contributed by atoms with Gasteiger partial charge in [-0.05, 0) is 50.0 Å². The molecule has 24 heavy (non-hydrogen) atoms. The molecule has 0 spiro atoms. The summed E-state index contributed by atoms with van der Waals surface area (Å²) in [6, 6.07) is 10.9. The predicted molar refractivity (Wildman–Crippen MR) is 96.0 cm³/mol. The second-order valence-corrected chi connectivity index (χ2v) is 7.63. The summed E-state index contributed by atoms with van der Waals surface area (Å²) >= 11 is 0. The molecule has 2 amide bonds. The lowest BCUT2D eigenvalue weighted by Crippen LogP contribution is -2.51. The summed E-state index contributed by atoms with van der Waals surface area (Å²) in [5, 5.41) is 12.4. The molecule has 132 valence electrons. The van der Waals surface area contributed by atoms with Crippen LogP contribution in [0.5, 0.6) is 0 Å². The van der Waals surface area contributed by atoms with Gasteiger partial charge in [0.05, 0.1) is 0 Å². The second-order valence-electron chi connectivity index (χ2n) is 7.63. The highest BCUT2D eigenvalue weighted by Crippen LogP contribution is 2.43. The van der Waals surface area contributed by atoms with Gasteiger partial charge in [0, 0.05) is 31.7 Å². The molecule has 2 aliphatic carbocycles. The van der Waals surface area contributed by atoms with Crippen LogP contribution in [0.25, 0.3) is 0 Å². The summed E-state index contributed by atoms with van der Waals surface area (Å²) in [4.78, 5) is 14.5. The van der Waals surface area contributed by atoms with Crippen molar-refractivity contribution in [2.45, 2.75) is 56.4 Å². The van der Waals surface area contributed by atoms with Crippen molar-refractivity contribution in [2.24, 2.45) is 5.92 Å². The molecule has 2 fully saturated rings. The van der Waals surface area contributed by atoms with E-state index >= 15 is 0 Å². The Morgan fingerprint density at radius 1 is 1.21 bits per heavy atom. The van der Waals surface area contributed by atoms with Crippen molar-refractivity contribution < 1.29 is 9.90 Å². The number of urea groups is 1. The molecule has 4 nitrogen and oxygen atoms in total. The van der Waals surface area contributed by atoms with Crippen molar-refractivity contribution in [2.75, 3.05) is 20.2 Å². The number of hydrogen-bond acceptors (Lipinski definition) is 2. The number of nitrogens with one attached hydrogen (secondary N) is 1. The SMILES string of the molecule is CN(C(=O)NCC1(c2ccccc2)CCC1)C1CCC(CO)CC1. The Kier molecular flexibility index (Phi) is 5.44. The molecule has 0 heterocycles. The summed E-state index contributed by atoms with van der Waals surface area (Å²) in [6.45, 7) is 1.01. The normalized spacial score (nSPS) is 25.6. The quantitative estimate of drug-likeness (QED) is 0.870. The third-order valence-electron chi connectivity index (χ3n) is 6.22. The Morgan fingerprint density at radius 3 is 2.42 bits per heavy atom. The van der Waals surface area contributed by atoms with E-state index < -0.39 is 0 Å². The Labute approximate surface area is 145 Å². The van der Waals surface area contributed by atoms with Crippen LogP contribution in [0.1, 0.15) is 50.5 Å². The standard InChI is InChI=1S/C20H30N2O2/c1-22(18-10-8-16(14-23)9-11-18)19(24)21-15-20(12-5-13-20)17-6-3-2-4-7-17/h2-4,6-7,16,18,23H,5,8-15H2,1H3,(H,21,24). The van der Waals surface area contributed by atoms with E-state index in [9.17, 15) is 9.90 Å². The average Bonchev–Trinajstić information content (AvgIpc) is 2.61. The van der Waals surface area contributed by atoms with Crippen molar-refractivity contribution >= 4 is 6.03 Å². The van der Waals surface area contributed by atoms with Gasteiger partial charge in [-0.3, -0.25) is 0 Å². The molecule has 0 radical (unpaired) electrons. The molecule has 0 saturated heterocycles. The Hall–Kier alpha value is -1.55. The first-order valence-electron chi connectivity index (χ1n) is 9.32. The third kappa shape index (κ3) is 3.59. The lowest BCUT2D eigenvalue weighted by Gasteiger charge is -2.43. The molecule has 1 aromatic carbocycles. The number of aliphatic hydroxyl groups is 1. The van der Waals surface area contributed by atoms with E-state index in [0.29, 0.717) is 12.0 Å². The number of carbonyl (C=O) groups excluding carboxylic acids is 1. The van der Waals surface area contributed by atoms with Crippen LogP contribution in [0.3, 0.4) is 0 Å². The molecule has 0 unspecified atom stereocenters. The van der Waals surface area contributed by atoms with Gasteiger partial charge in [-0.15, -0.1) is 0 Å². The second kappa shape index (κ2) is 7.56. The number of rotatable bonds is 5. The highest BCUT2D eigenvalue weighted by atomic mass is 16.3. The van der Waals surface area contributed by atoms with Crippen molar-refractivity contribution in [1.82, 2.24) is 10.2 Å². The first kappa shape index (κ1) is 17.3. The molecule has 3 rings (SSSR count). The topological polar surface area (TPSA) is 52.6 Å². The minimum atomic E-state index is 0.0460. The maximum absolute atomic E-state index is 12.6. The summed E-state index contributed by atoms with van der Waals surface area (Å²) in [7, 11) is 1.91. The van der Waals surface area contributed by atoms with Crippen LogP contribution in [0.4, 0.5) is 4.79 Å². The zero-order valence-electron chi connectivity index (χ0n) is 14.7. The Balaban J connectivity index is 1.53. The van der Waals surface area contributed by atoms with Crippen molar-refractivity contribution in [1.29, 1.82) is 0 Å². The van der Waals surface area contributed by atoms with Crippen molar-refractivity contribution in [3.63, 3.8) is 0 Å². The van der Waals surface area contributed by atoms with Crippen LogP contribution in [0.15, 0.2) is 30.3 Å². The molecule has 0 aromatic heterocycles. The van der Waals surface area contributed by atoms with E-state index in [1.807, 2.05) is 18.0 Å². The number of aliphatic hydroxyl groups excluding tert-OH is 1. The van der Waals surface area contributed by atoms with Gasteiger partial charge in [-0.1, -0.05) is 36.8 Å².